The number of benzene rings is 1. The van der Waals surface area contributed by atoms with Crippen LogP contribution in [0.2, 0.25) is 0 Å². The first-order valence-electron chi connectivity index (χ1n) is 5.76. The molecule has 6 heteroatoms. The normalized spacial score (nSPS) is 12.3. The molecule has 1 heterocycles. The summed E-state index contributed by atoms with van der Waals surface area (Å²) in [6, 6.07) is 5.96. The second kappa shape index (κ2) is 6.49. The fourth-order valence-corrected chi connectivity index (χ4v) is 2.18. The van der Waals surface area contributed by atoms with Crippen molar-refractivity contribution in [1.82, 2.24) is 10.1 Å². The van der Waals surface area contributed by atoms with E-state index in [0.29, 0.717) is 23.9 Å². The Hall–Kier alpha value is -1.66. The molecule has 0 radical (unpaired) electrons. The third-order valence-electron chi connectivity index (χ3n) is 2.40. The molecule has 0 amide bonds. The Kier molecular flexibility index (Phi) is 4.70. The Morgan fingerprint density at radius 3 is 2.84 bits per heavy atom. The lowest BCUT2D eigenvalue weighted by molar-refractivity contribution is 0.352. The highest BCUT2D eigenvalue weighted by Gasteiger charge is 2.13. The van der Waals surface area contributed by atoms with E-state index in [-0.39, 0.29) is 11.9 Å². The monoisotopic (exact) mass is 279 g/mol. The maximum absolute atomic E-state index is 12.7. The molecule has 1 atom stereocenters. The van der Waals surface area contributed by atoms with Crippen LogP contribution < -0.4 is 5.73 Å². The summed E-state index contributed by atoms with van der Waals surface area (Å²) in [5.41, 5.74) is 5.83. The standard InChI is InChI=1S/C13H14FN3OS/c1-2-3-11(15)13-16-12(17-18-13)8-19-10-6-4-9(14)5-7-10/h2,4-7,11H,1,3,8,15H2. The molecule has 2 rings (SSSR count). The van der Waals surface area contributed by atoms with Crippen LogP contribution in [0.5, 0.6) is 0 Å². The number of hydrogen-bond donors (Lipinski definition) is 1. The smallest absolute Gasteiger partial charge is 0.243 e. The van der Waals surface area contributed by atoms with Crippen molar-refractivity contribution in [1.29, 1.82) is 0 Å². The first-order valence-corrected chi connectivity index (χ1v) is 6.75. The Labute approximate surface area is 114 Å². The van der Waals surface area contributed by atoms with Crippen molar-refractivity contribution in [3.63, 3.8) is 0 Å². The van der Waals surface area contributed by atoms with Crippen molar-refractivity contribution in [2.45, 2.75) is 23.1 Å². The largest absolute Gasteiger partial charge is 0.338 e. The van der Waals surface area contributed by atoms with Crippen molar-refractivity contribution in [3.8, 4) is 0 Å². The predicted octanol–water partition coefficient (Wildman–Crippen LogP) is 3.08. The lowest BCUT2D eigenvalue weighted by Crippen LogP contribution is -2.09. The average Bonchev–Trinajstić information content (AvgIpc) is 2.87. The van der Waals surface area contributed by atoms with E-state index in [1.165, 1.54) is 23.9 Å². The molecule has 0 saturated carbocycles. The first kappa shape index (κ1) is 13.8. The molecule has 0 spiro atoms. The summed E-state index contributed by atoms with van der Waals surface area (Å²) >= 11 is 1.51. The molecule has 19 heavy (non-hydrogen) atoms. The summed E-state index contributed by atoms with van der Waals surface area (Å²) in [6.07, 6.45) is 2.30. The van der Waals surface area contributed by atoms with Gasteiger partial charge in [-0.2, -0.15) is 4.98 Å². The number of halogens is 1. The van der Waals surface area contributed by atoms with Crippen LogP contribution in [0.15, 0.2) is 46.3 Å². The number of nitrogens with zero attached hydrogens (tertiary/aromatic N) is 2. The van der Waals surface area contributed by atoms with E-state index in [1.54, 1.807) is 18.2 Å². The minimum atomic E-state index is -0.311. The molecular formula is C13H14FN3OS. The SMILES string of the molecule is C=CCC(N)c1nc(CSc2ccc(F)cc2)no1. The predicted molar refractivity (Wildman–Crippen MR) is 72.0 cm³/mol. The van der Waals surface area contributed by atoms with Gasteiger partial charge in [0.15, 0.2) is 5.82 Å². The maximum atomic E-state index is 12.7. The number of aromatic nitrogens is 2. The van der Waals surface area contributed by atoms with Crippen molar-refractivity contribution in [3.05, 3.63) is 54.5 Å². The molecule has 0 bridgehead atoms. The summed E-state index contributed by atoms with van der Waals surface area (Å²) in [7, 11) is 0. The van der Waals surface area contributed by atoms with E-state index in [2.05, 4.69) is 16.7 Å². The number of thioether (sulfide) groups is 1. The van der Waals surface area contributed by atoms with Gasteiger partial charge in [-0.15, -0.1) is 18.3 Å². The van der Waals surface area contributed by atoms with Gasteiger partial charge in [-0.1, -0.05) is 11.2 Å². The van der Waals surface area contributed by atoms with E-state index in [1.807, 2.05) is 0 Å². The molecule has 2 aromatic rings. The molecule has 100 valence electrons. The van der Waals surface area contributed by atoms with Gasteiger partial charge in [0.25, 0.3) is 0 Å². The zero-order chi connectivity index (χ0) is 13.7. The molecule has 0 aliphatic carbocycles. The van der Waals surface area contributed by atoms with Gasteiger partial charge in [0.1, 0.15) is 5.82 Å². The van der Waals surface area contributed by atoms with Gasteiger partial charge in [-0.25, -0.2) is 4.39 Å². The van der Waals surface area contributed by atoms with E-state index in [4.69, 9.17) is 10.3 Å². The van der Waals surface area contributed by atoms with Gasteiger partial charge >= 0.3 is 0 Å². The third-order valence-corrected chi connectivity index (χ3v) is 3.41. The van der Waals surface area contributed by atoms with Crippen LogP contribution in [0.4, 0.5) is 4.39 Å². The van der Waals surface area contributed by atoms with Gasteiger partial charge in [-0.05, 0) is 30.7 Å². The van der Waals surface area contributed by atoms with Gasteiger partial charge in [0.05, 0.1) is 11.8 Å². The highest BCUT2D eigenvalue weighted by atomic mass is 32.2. The summed E-state index contributed by atoms with van der Waals surface area (Å²) in [6.45, 7) is 3.61. The fourth-order valence-electron chi connectivity index (χ4n) is 1.44. The van der Waals surface area contributed by atoms with E-state index < -0.39 is 0 Å². The molecule has 0 aliphatic rings. The Balaban J connectivity index is 1.93. The maximum Gasteiger partial charge on any atom is 0.243 e. The Morgan fingerprint density at radius 1 is 1.42 bits per heavy atom. The van der Waals surface area contributed by atoms with Crippen LogP contribution in [0, 0.1) is 5.82 Å². The van der Waals surface area contributed by atoms with Crippen LogP contribution in [-0.4, -0.2) is 10.1 Å². The van der Waals surface area contributed by atoms with E-state index >= 15 is 0 Å². The Bertz CT molecular complexity index is 541. The topological polar surface area (TPSA) is 64.9 Å². The summed E-state index contributed by atoms with van der Waals surface area (Å²) in [5.74, 6) is 1.29. The van der Waals surface area contributed by atoms with Crippen LogP contribution >= 0.6 is 11.8 Å². The molecular weight excluding hydrogens is 265 g/mol. The van der Waals surface area contributed by atoms with Crippen LogP contribution in [0.3, 0.4) is 0 Å². The molecule has 2 N–H and O–H groups in total. The molecule has 0 aliphatic heterocycles. The van der Waals surface area contributed by atoms with Crippen molar-refractivity contribution < 1.29 is 8.91 Å². The fraction of sp³-hybridized carbons (Fsp3) is 0.231. The zero-order valence-electron chi connectivity index (χ0n) is 10.3. The Morgan fingerprint density at radius 2 is 2.16 bits per heavy atom. The minimum Gasteiger partial charge on any atom is -0.338 e. The van der Waals surface area contributed by atoms with Gasteiger partial charge in [0.2, 0.25) is 5.89 Å². The number of hydrogen-bond acceptors (Lipinski definition) is 5. The average molecular weight is 279 g/mol. The molecule has 1 aromatic heterocycles. The zero-order valence-corrected chi connectivity index (χ0v) is 11.1. The summed E-state index contributed by atoms with van der Waals surface area (Å²) in [4.78, 5) is 5.16. The number of rotatable bonds is 6. The van der Waals surface area contributed by atoms with Crippen LogP contribution in [-0.2, 0) is 5.75 Å². The highest BCUT2D eigenvalue weighted by Crippen LogP contribution is 2.22. The van der Waals surface area contributed by atoms with Crippen molar-refractivity contribution in [2.24, 2.45) is 5.73 Å². The van der Waals surface area contributed by atoms with Gasteiger partial charge in [0, 0.05) is 4.90 Å². The van der Waals surface area contributed by atoms with E-state index in [9.17, 15) is 4.39 Å². The van der Waals surface area contributed by atoms with Crippen molar-refractivity contribution in [2.75, 3.05) is 0 Å². The van der Waals surface area contributed by atoms with Gasteiger partial charge < -0.3 is 10.3 Å². The molecule has 0 fully saturated rings. The van der Waals surface area contributed by atoms with E-state index in [0.717, 1.165) is 4.90 Å². The number of nitrogens with two attached hydrogens (primary N) is 1. The lowest BCUT2D eigenvalue weighted by Gasteiger charge is -2.00. The quantitative estimate of drug-likeness (QED) is 0.650. The first-order chi connectivity index (χ1) is 9.19. The molecule has 0 saturated heterocycles. The molecule has 1 aromatic carbocycles. The molecule has 4 nitrogen and oxygen atoms in total. The van der Waals surface area contributed by atoms with Crippen LogP contribution in [0.1, 0.15) is 24.2 Å². The highest BCUT2D eigenvalue weighted by molar-refractivity contribution is 7.98. The third kappa shape index (κ3) is 3.90. The minimum absolute atomic E-state index is 0.249. The second-order valence-electron chi connectivity index (χ2n) is 3.92. The van der Waals surface area contributed by atoms with Gasteiger partial charge in [-0.3, -0.25) is 0 Å². The summed E-state index contributed by atoms with van der Waals surface area (Å²) < 4.78 is 17.8. The second-order valence-corrected chi connectivity index (χ2v) is 4.97. The summed E-state index contributed by atoms with van der Waals surface area (Å²) in [5, 5.41) is 3.86. The lowest BCUT2D eigenvalue weighted by atomic mass is 10.2. The van der Waals surface area contributed by atoms with Crippen LogP contribution in [0.25, 0.3) is 0 Å². The van der Waals surface area contributed by atoms with Crippen molar-refractivity contribution >= 4 is 11.8 Å². The molecule has 1 unspecified atom stereocenters.